The molecule has 1 aromatic carbocycles. The molecule has 4 aromatic rings. The van der Waals surface area contributed by atoms with Gasteiger partial charge in [0.2, 0.25) is 0 Å². The third-order valence-electron chi connectivity index (χ3n) is 4.44. The summed E-state index contributed by atoms with van der Waals surface area (Å²) >= 11 is 4.61. The highest BCUT2D eigenvalue weighted by Crippen LogP contribution is 2.36. The second-order valence-electron chi connectivity index (χ2n) is 6.23. The summed E-state index contributed by atoms with van der Waals surface area (Å²) < 4.78 is 5.71. The first-order chi connectivity index (χ1) is 13.8. The number of thiophene rings is 2. The van der Waals surface area contributed by atoms with E-state index in [-0.39, 0.29) is 17.7 Å². The Morgan fingerprint density at radius 2 is 2.00 bits per heavy atom. The van der Waals surface area contributed by atoms with Crippen LogP contribution in [0.15, 0.2) is 74.0 Å². The Morgan fingerprint density at radius 1 is 1.14 bits per heavy atom. The number of thioether (sulfide) groups is 1. The molecule has 28 heavy (non-hydrogen) atoms. The third-order valence-corrected chi connectivity index (χ3v) is 7.14. The zero-order valence-electron chi connectivity index (χ0n) is 14.6. The minimum absolute atomic E-state index is 0.0442. The summed E-state index contributed by atoms with van der Waals surface area (Å²) in [6.07, 6.45) is 0.736. The van der Waals surface area contributed by atoms with Gasteiger partial charge in [-0.25, -0.2) is 9.99 Å². The summed E-state index contributed by atoms with van der Waals surface area (Å²) in [6.45, 7) is 0. The van der Waals surface area contributed by atoms with Gasteiger partial charge in [-0.15, -0.1) is 22.7 Å². The van der Waals surface area contributed by atoms with Gasteiger partial charge in [0.25, 0.3) is 11.1 Å². The molecule has 0 fully saturated rings. The Labute approximate surface area is 173 Å². The number of nitrogens with zero attached hydrogens (tertiary/aromatic N) is 3. The van der Waals surface area contributed by atoms with Crippen LogP contribution >= 0.6 is 34.4 Å². The molecule has 0 spiro atoms. The van der Waals surface area contributed by atoms with Crippen molar-refractivity contribution >= 4 is 57.2 Å². The highest BCUT2D eigenvalue weighted by molar-refractivity contribution is 7.99. The van der Waals surface area contributed by atoms with Crippen molar-refractivity contribution in [3.63, 3.8) is 0 Å². The average molecular weight is 426 g/mol. The number of carbonyl (C=O) groups excluding carboxylic acids is 1. The molecule has 1 aliphatic rings. The molecule has 5 rings (SSSR count). The normalized spacial score (nSPS) is 16.6. The molecular weight excluding hydrogens is 410 g/mol. The first kappa shape index (κ1) is 17.7. The summed E-state index contributed by atoms with van der Waals surface area (Å²) in [7, 11) is 0. The van der Waals surface area contributed by atoms with Crippen molar-refractivity contribution in [3.8, 4) is 0 Å². The van der Waals surface area contributed by atoms with Gasteiger partial charge in [-0.05, 0) is 35.0 Å². The van der Waals surface area contributed by atoms with Gasteiger partial charge >= 0.3 is 0 Å². The van der Waals surface area contributed by atoms with Crippen LogP contribution in [-0.2, 0) is 4.79 Å². The van der Waals surface area contributed by atoms with E-state index in [4.69, 9.17) is 4.42 Å². The number of benzene rings is 1. The molecule has 0 radical (unpaired) electrons. The zero-order chi connectivity index (χ0) is 18.9. The van der Waals surface area contributed by atoms with E-state index in [1.807, 2.05) is 47.2 Å². The van der Waals surface area contributed by atoms with Crippen LogP contribution in [0.5, 0.6) is 0 Å². The fourth-order valence-electron chi connectivity index (χ4n) is 3.14. The van der Waals surface area contributed by atoms with Gasteiger partial charge in [0, 0.05) is 11.3 Å². The van der Waals surface area contributed by atoms with Crippen LogP contribution in [0.25, 0.3) is 11.1 Å². The van der Waals surface area contributed by atoms with Gasteiger partial charge in [-0.3, -0.25) is 4.79 Å². The van der Waals surface area contributed by atoms with Crippen LogP contribution in [0.1, 0.15) is 22.2 Å². The molecule has 0 bridgehead atoms. The summed E-state index contributed by atoms with van der Waals surface area (Å²) in [6, 6.07) is 15.7. The highest BCUT2D eigenvalue weighted by atomic mass is 32.2. The topological polar surface area (TPSA) is 58.7 Å². The number of para-hydroxylation sites is 2. The fraction of sp³-hybridized carbons (Fsp3) is 0.150. The van der Waals surface area contributed by atoms with E-state index in [0.29, 0.717) is 5.22 Å². The van der Waals surface area contributed by atoms with Crippen molar-refractivity contribution < 1.29 is 9.21 Å². The van der Waals surface area contributed by atoms with Gasteiger partial charge in [0.05, 0.1) is 22.4 Å². The standard InChI is InChI=1S/C20H15N3O2S3/c24-19(12-28-20-21-13-5-1-2-6-16(13)25-20)23-15(18-8-4-10-27-18)11-14(22-23)17-7-3-9-26-17/h1-10,15H,11-12H2/t15-/m1/s1. The van der Waals surface area contributed by atoms with Crippen molar-refractivity contribution in [3.05, 3.63) is 69.0 Å². The molecular formula is C20H15N3O2S3. The lowest BCUT2D eigenvalue weighted by molar-refractivity contribution is -0.130. The second-order valence-corrected chi connectivity index (χ2v) is 9.09. The van der Waals surface area contributed by atoms with E-state index in [9.17, 15) is 4.79 Å². The maximum Gasteiger partial charge on any atom is 0.257 e. The molecule has 5 nitrogen and oxygen atoms in total. The monoisotopic (exact) mass is 425 g/mol. The Bertz CT molecular complexity index is 1100. The molecule has 1 aliphatic heterocycles. The zero-order valence-corrected chi connectivity index (χ0v) is 17.1. The van der Waals surface area contributed by atoms with Crippen LogP contribution < -0.4 is 0 Å². The highest BCUT2D eigenvalue weighted by Gasteiger charge is 2.34. The number of hydrogen-bond donors (Lipinski definition) is 0. The number of hydrazone groups is 1. The third kappa shape index (κ3) is 3.39. The van der Waals surface area contributed by atoms with Crippen LogP contribution in [0.4, 0.5) is 0 Å². The Hall–Kier alpha value is -2.42. The number of amides is 1. The van der Waals surface area contributed by atoms with E-state index in [2.05, 4.69) is 22.2 Å². The molecule has 0 saturated heterocycles. The molecule has 0 unspecified atom stereocenters. The van der Waals surface area contributed by atoms with Crippen molar-refractivity contribution in [2.24, 2.45) is 5.10 Å². The number of hydrogen-bond acceptors (Lipinski definition) is 7. The maximum atomic E-state index is 13.0. The Morgan fingerprint density at radius 3 is 2.79 bits per heavy atom. The predicted octanol–water partition coefficient (Wildman–Crippen LogP) is 5.42. The SMILES string of the molecule is O=C(CSc1nc2ccccc2o1)N1N=C(c2cccs2)C[C@@H]1c1cccs1. The van der Waals surface area contributed by atoms with Gasteiger partial charge in [0.1, 0.15) is 5.52 Å². The first-order valence-electron chi connectivity index (χ1n) is 8.73. The maximum absolute atomic E-state index is 13.0. The summed E-state index contributed by atoms with van der Waals surface area (Å²) in [5, 5.41) is 10.9. The van der Waals surface area contributed by atoms with Gasteiger partial charge < -0.3 is 4.42 Å². The number of rotatable bonds is 5. The summed E-state index contributed by atoms with van der Waals surface area (Å²) in [5.74, 6) is 0.188. The largest absolute Gasteiger partial charge is 0.431 e. The van der Waals surface area contributed by atoms with Crippen molar-refractivity contribution in [1.82, 2.24) is 9.99 Å². The number of aromatic nitrogens is 1. The quantitative estimate of drug-likeness (QED) is 0.401. The molecule has 1 atom stereocenters. The van der Waals surface area contributed by atoms with E-state index >= 15 is 0 Å². The van der Waals surface area contributed by atoms with Gasteiger partial charge in [0.15, 0.2) is 5.58 Å². The van der Waals surface area contributed by atoms with Crippen molar-refractivity contribution in [2.75, 3.05) is 5.75 Å². The van der Waals surface area contributed by atoms with E-state index in [1.165, 1.54) is 11.8 Å². The number of carbonyl (C=O) groups is 1. The molecule has 1 amide bonds. The van der Waals surface area contributed by atoms with E-state index in [0.717, 1.165) is 33.0 Å². The first-order valence-corrected chi connectivity index (χ1v) is 11.5. The molecule has 8 heteroatoms. The lowest BCUT2D eigenvalue weighted by atomic mass is 10.1. The molecule has 4 heterocycles. The number of fused-ring (bicyclic) bond motifs is 1. The van der Waals surface area contributed by atoms with Crippen molar-refractivity contribution in [2.45, 2.75) is 17.7 Å². The second kappa shape index (κ2) is 7.54. The molecule has 0 saturated carbocycles. The van der Waals surface area contributed by atoms with Crippen LogP contribution in [-0.4, -0.2) is 27.4 Å². The fourth-order valence-corrected chi connectivity index (χ4v) is 5.36. The lowest BCUT2D eigenvalue weighted by Crippen LogP contribution is -2.28. The molecule has 0 N–H and O–H groups in total. The summed E-state index contributed by atoms with van der Waals surface area (Å²) in [4.78, 5) is 19.7. The van der Waals surface area contributed by atoms with Crippen molar-refractivity contribution in [1.29, 1.82) is 0 Å². The van der Waals surface area contributed by atoms with Crippen LogP contribution in [0.3, 0.4) is 0 Å². The summed E-state index contributed by atoms with van der Waals surface area (Å²) in [5.41, 5.74) is 2.50. The molecule has 140 valence electrons. The smallest absolute Gasteiger partial charge is 0.257 e. The van der Waals surface area contributed by atoms with E-state index in [1.54, 1.807) is 27.7 Å². The molecule has 0 aliphatic carbocycles. The van der Waals surface area contributed by atoms with Gasteiger partial charge in [-0.1, -0.05) is 36.0 Å². The predicted molar refractivity (Wildman–Crippen MR) is 114 cm³/mol. The van der Waals surface area contributed by atoms with Crippen LogP contribution in [0, 0.1) is 0 Å². The molecule has 3 aromatic heterocycles. The average Bonchev–Trinajstić information content (AvgIpc) is 3.50. The van der Waals surface area contributed by atoms with E-state index < -0.39 is 0 Å². The minimum atomic E-state index is -0.0474. The number of oxazole rings is 1. The lowest BCUT2D eigenvalue weighted by Gasteiger charge is -2.20. The minimum Gasteiger partial charge on any atom is -0.431 e. The Kier molecular flexibility index (Phi) is 4.76. The van der Waals surface area contributed by atoms with Crippen LogP contribution in [0.2, 0.25) is 0 Å². The Balaban J connectivity index is 1.36. The van der Waals surface area contributed by atoms with Gasteiger partial charge in [-0.2, -0.15) is 5.10 Å².